The Morgan fingerprint density at radius 3 is 2.76 bits per heavy atom. The van der Waals surface area contributed by atoms with Crippen LogP contribution in [-0.2, 0) is 0 Å². The highest BCUT2D eigenvalue weighted by Gasteiger charge is 2.26. The highest BCUT2D eigenvalue weighted by molar-refractivity contribution is 5.92. The molecule has 1 aliphatic carbocycles. The molecule has 2 aromatic heterocycles. The van der Waals surface area contributed by atoms with E-state index in [-0.39, 0.29) is 0 Å². The van der Waals surface area contributed by atoms with Gasteiger partial charge in [0, 0.05) is 34.8 Å². The molecule has 1 aromatic carbocycles. The lowest BCUT2D eigenvalue weighted by Crippen LogP contribution is -2.10. The van der Waals surface area contributed by atoms with Gasteiger partial charge in [0.25, 0.3) is 0 Å². The lowest BCUT2D eigenvalue weighted by atomic mass is 10.1. The highest BCUT2D eigenvalue weighted by atomic mass is 15.3. The van der Waals surface area contributed by atoms with Crippen LogP contribution in [0, 0.1) is 0 Å². The minimum atomic E-state index is 0.548. The van der Waals surface area contributed by atoms with Crippen LogP contribution < -0.4 is 11.3 Å². The van der Waals surface area contributed by atoms with Gasteiger partial charge in [0.2, 0.25) is 0 Å². The maximum absolute atomic E-state index is 5.55. The largest absolute Gasteiger partial charge is 0.308 e. The molecule has 0 amide bonds. The minimum Gasteiger partial charge on any atom is -0.308 e. The summed E-state index contributed by atoms with van der Waals surface area (Å²) in [6, 6.07) is 11.9. The van der Waals surface area contributed by atoms with E-state index >= 15 is 0 Å². The van der Waals surface area contributed by atoms with E-state index in [9.17, 15) is 0 Å². The number of hydrogen-bond acceptors (Lipinski definition) is 5. The van der Waals surface area contributed by atoms with Crippen LogP contribution in [0.5, 0.6) is 0 Å². The first-order valence-corrected chi connectivity index (χ1v) is 7.05. The number of rotatable bonds is 3. The van der Waals surface area contributed by atoms with Crippen LogP contribution >= 0.6 is 0 Å². The lowest BCUT2D eigenvalue weighted by molar-refractivity contribution is 0.992. The average Bonchev–Trinajstić information content (AvgIpc) is 3.39. The Balaban J connectivity index is 1.93. The van der Waals surface area contributed by atoms with Gasteiger partial charge in [0.15, 0.2) is 5.82 Å². The lowest BCUT2D eigenvalue weighted by Gasteiger charge is -2.09. The molecular formula is C16H15N5. The molecule has 1 aliphatic rings. The average molecular weight is 277 g/mol. The zero-order chi connectivity index (χ0) is 14.2. The van der Waals surface area contributed by atoms with Gasteiger partial charge < -0.3 is 5.43 Å². The highest BCUT2D eigenvalue weighted by Crippen LogP contribution is 2.40. The van der Waals surface area contributed by atoms with Crippen LogP contribution in [0.1, 0.15) is 24.5 Å². The predicted octanol–water partition coefficient (Wildman–Crippen LogP) is 2.85. The quantitative estimate of drug-likeness (QED) is 0.568. The molecule has 1 fully saturated rings. The van der Waals surface area contributed by atoms with Crippen LogP contribution in [0.3, 0.4) is 0 Å². The first-order valence-electron chi connectivity index (χ1n) is 7.05. The van der Waals surface area contributed by atoms with E-state index in [0.29, 0.717) is 17.6 Å². The Morgan fingerprint density at radius 2 is 1.95 bits per heavy atom. The van der Waals surface area contributed by atoms with Gasteiger partial charge >= 0.3 is 0 Å². The van der Waals surface area contributed by atoms with Crippen molar-refractivity contribution in [2.24, 2.45) is 5.84 Å². The smallest absolute Gasteiger partial charge is 0.162 e. The molecular weight excluding hydrogens is 262 g/mol. The molecule has 0 bridgehead atoms. The van der Waals surface area contributed by atoms with Crippen molar-refractivity contribution < 1.29 is 0 Å². The number of hydrazine groups is 1. The molecule has 4 rings (SSSR count). The second-order valence-corrected chi connectivity index (χ2v) is 5.30. The van der Waals surface area contributed by atoms with Crippen molar-refractivity contribution in [1.82, 2.24) is 15.0 Å². The van der Waals surface area contributed by atoms with E-state index in [1.807, 2.05) is 36.4 Å². The first-order chi connectivity index (χ1) is 10.3. The molecule has 1 saturated carbocycles. The summed E-state index contributed by atoms with van der Waals surface area (Å²) in [6.45, 7) is 0. The van der Waals surface area contributed by atoms with Crippen molar-refractivity contribution in [2.45, 2.75) is 18.8 Å². The normalized spacial score (nSPS) is 14.3. The third-order valence-electron chi connectivity index (χ3n) is 3.78. The monoisotopic (exact) mass is 277 g/mol. The van der Waals surface area contributed by atoms with Gasteiger partial charge in [-0.2, -0.15) is 0 Å². The van der Waals surface area contributed by atoms with Gasteiger partial charge in [0.1, 0.15) is 5.82 Å². The minimum absolute atomic E-state index is 0.548. The van der Waals surface area contributed by atoms with Crippen molar-refractivity contribution >= 4 is 16.7 Å². The standard InChI is InChI=1S/C16H15N5/c17-21-15-9-14(10-5-6-10)19-16(20-15)12-7-8-18-13-4-2-1-3-11(12)13/h1-4,7-10H,5-6,17H2,(H,19,20,21). The summed E-state index contributed by atoms with van der Waals surface area (Å²) in [5, 5.41) is 1.05. The molecule has 0 saturated heterocycles. The van der Waals surface area contributed by atoms with Gasteiger partial charge in [-0.25, -0.2) is 15.8 Å². The number of nitrogens with two attached hydrogens (primary N) is 1. The van der Waals surface area contributed by atoms with Crippen molar-refractivity contribution in [3.8, 4) is 11.4 Å². The summed E-state index contributed by atoms with van der Waals surface area (Å²) in [5.74, 6) is 7.45. The van der Waals surface area contributed by atoms with Gasteiger partial charge in [-0.3, -0.25) is 4.98 Å². The van der Waals surface area contributed by atoms with E-state index < -0.39 is 0 Å². The Labute approximate surface area is 122 Å². The van der Waals surface area contributed by atoms with E-state index in [4.69, 9.17) is 10.8 Å². The summed E-state index contributed by atoms with van der Waals surface area (Å²) in [6.07, 6.45) is 4.18. The van der Waals surface area contributed by atoms with Gasteiger partial charge in [-0.05, 0) is 25.0 Å². The van der Waals surface area contributed by atoms with Crippen molar-refractivity contribution in [2.75, 3.05) is 5.43 Å². The van der Waals surface area contributed by atoms with Crippen LogP contribution in [0.15, 0.2) is 42.6 Å². The molecule has 104 valence electrons. The number of nitrogens with zero attached hydrogens (tertiary/aromatic N) is 3. The molecule has 5 heteroatoms. The summed E-state index contributed by atoms with van der Waals surface area (Å²) >= 11 is 0. The fourth-order valence-corrected chi connectivity index (χ4v) is 2.54. The molecule has 0 radical (unpaired) electrons. The summed E-state index contributed by atoms with van der Waals surface area (Å²) in [4.78, 5) is 13.6. The van der Waals surface area contributed by atoms with Gasteiger partial charge in [0.05, 0.1) is 5.52 Å². The predicted molar refractivity (Wildman–Crippen MR) is 82.6 cm³/mol. The van der Waals surface area contributed by atoms with E-state index in [2.05, 4.69) is 15.4 Å². The molecule has 3 N–H and O–H groups in total. The number of anilines is 1. The number of nitrogens with one attached hydrogen (secondary N) is 1. The zero-order valence-corrected chi connectivity index (χ0v) is 11.5. The Bertz CT molecular complexity index is 805. The fourth-order valence-electron chi connectivity index (χ4n) is 2.54. The zero-order valence-electron chi connectivity index (χ0n) is 11.5. The molecule has 3 aromatic rings. The van der Waals surface area contributed by atoms with E-state index in [0.717, 1.165) is 22.2 Å². The van der Waals surface area contributed by atoms with Crippen molar-refractivity contribution in [3.05, 3.63) is 48.3 Å². The molecule has 2 heterocycles. The molecule has 5 nitrogen and oxygen atoms in total. The topological polar surface area (TPSA) is 76.7 Å². The van der Waals surface area contributed by atoms with Crippen LogP contribution in [-0.4, -0.2) is 15.0 Å². The van der Waals surface area contributed by atoms with Crippen molar-refractivity contribution in [1.29, 1.82) is 0 Å². The van der Waals surface area contributed by atoms with E-state index in [1.165, 1.54) is 12.8 Å². The number of hydrogen-bond donors (Lipinski definition) is 2. The van der Waals surface area contributed by atoms with Crippen LogP contribution in [0.2, 0.25) is 0 Å². The van der Waals surface area contributed by atoms with Gasteiger partial charge in [-0.15, -0.1) is 0 Å². The van der Waals surface area contributed by atoms with Crippen LogP contribution in [0.4, 0.5) is 5.82 Å². The van der Waals surface area contributed by atoms with E-state index in [1.54, 1.807) is 6.20 Å². The number of fused-ring (bicyclic) bond motifs is 1. The number of benzene rings is 1. The molecule has 0 unspecified atom stereocenters. The Morgan fingerprint density at radius 1 is 1.10 bits per heavy atom. The van der Waals surface area contributed by atoms with Gasteiger partial charge in [-0.1, -0.05) is 18.2 Å². The molecule has 0 spiro atoms. The first kappa shape index (κ1) is 12.2. The summed E-state index contributed by atoms with van der Waals surface area (Å²) in [7, 11) is 0. The molecule has 0 atom stereocenters. The Kier molecular flexibility index (Phi) is 2.79. The summed E-state index contributed by atoms with van der Waals surface area (Å²) in [5.41, 5.74) is 5.63. The number of nitrogen functional groups attached to an aromatic ring is 1. The fraction of sp³-hybridized carbons (Fsp3) is 0.188. The third kappa shape index (κ3) is 2.21. The number of para-hydroxylation sites is 1. The maximum atomic E-state index is 5.55. The van der Waals surface area contributed by atoms with Crippen LogP contribution in [0.25, 0.3) is 22.3 Å². The maximum Gasteiger partial charge on any atom is 0.162 e. The second-order valence-electron chi connectivity index (χ2n) is 5.30. The molecule has 21 heavy (non-hydrogen) atoms. The Hall–Kier alpha value is -2.53. The van der Waals surface area contributed by atoms with Crippen molar-refractivity contribution in [3.63, 3.8) is 0 Å². The molecule has 0 aliphatic heterocycles. The SMILES string of the molecule is NNc1cc(C2CC2)nc(-c2ccnc3ccccc23)n1. The third-order valence-corrected chi connectivity index (χ3v) is 3.78. The second kappa shape index (κ2) is 4.79. The number of pyridine rings is 1. The number of aromatic nitrogens is 3. The summed E-state index contributed by atoms with van der Waals surface area (Å²) < 4.78 is 0.